The number of benzene rings is 1. The molecule has 2 unspecified atom stereocenters. The molecule has 0 bridgehead atoms. The Morgan fingerprint density at radius 3 is 2.55 bits per heavy atom. The first-order valence-electron chi connectivity index (χ1n) is 7.73. The number of rotatable bonds is 2. The summed E-state index contributed by atoms with van der Waals surface area (Å²) in [6.07, 6.45) is 0.699. The highest BCUT2D eigenvalue weighted by atomic mass is 127. The number of amides is 1. The highest BCUT2D eigenvalue weighted by Gasteiger charge is 2.33. The summed E-state index contributed by atoms with van der Waals surface area (Å²) in [5.41, 5.74) is 6.74. The van der Waals surface area contributed by atoms with Gasteiger partial charge in [0, 0.05) is 22.6 Å². The van der Waals surface area contributed by atoms with Gasteiger partial charge in [0.05, 0.1) is 0 Å². The van der Waals surface area contributed by atoms with E-state index in [0.29, 0.717) is 19.0 Å². The number of nitrogens with zero attached hydrogens (tertiary/aromatic N) is 1. The third-order valence-corrected chi connectivity index (χ3v) is 4.73. The minimum Gasteiger partial charge on any atom is -0.444 e. The Bertz CT molecular complexity index is 510. The third kappa shape index (κ3) is 4.59. The number of halogens is 1. The van der Waals surface area contributed by atoms with Gasteiger partial charge >= 0.3 is 6.09 Å². The van der Waals surface area contributed by atoms with E-state index >= 15 is 0 Å². The van der Waals surface area contributed by atoms with Gasteiger partial charge in [-0.3, -0.25) is 0 Å². The molecule has 2 atom stereocenters. The van der Waals surface area contributed by atoms with Gasteiger partial charge in [0.15, 0.2) is 0 Å². The Morgan fingerprint density at radius 2 is 2.00 bits per heavy atom. The first-order chi connectivity index (χ1) is 10.3. The number of carbonyl (C=O) groups is 1. The summed E-state index contributed by atoms with van der Waals surface area (Å²) < 4.78 is 6.72. The van der Waals surface area contributed by atoms with Crippen LogP contribution in [0, 0.1) is 9.49 Å². The molecule has 22 heavy (non-hydrogen) atoms. The van der Waals surface area contributed by atoms with Crippen LogP contribution < -0.4 is 5.73 Å². The van der Waals surface area contributed by atoms with Gasteiger partial charge in [-0.15, -0.1) is 0 Å². The van der Waals surface area contributed by atoms with Crippen LogP contribution in [0.4, 0.5) is 4.79 Å². The van der Waals surface area contributed by atoms with Crippen molar-refractivity contribution in [3.8, 4) is 0 Å². The zero-order chi connectivity index (χ0) is 16.3. The molecule has 4 nitrogen and oxygen atoms in total. The minimum absolute atomic E-state index is 0.224. The summed E-state index contributed by atoms with van der Waals surface area (Å²) in [4.78, 5) is 14.1. The van der Waals surface area contributed by atoms with E-state index in [1.807, 2.05) is 25.7 Å². The smallest absolute Gasteiger partial charge is 0.410 e. The molecule has 0 spiro atoms. The molecule has 0 aromatic heterocycles. The van der Waals surface area contributed by atoms with Crippen LogP contribution in [0.15, 0.2) is 24.3 Å². The standard InChI is InChI=1S/C17H25IN2O2/c1-17(2,3)22-16(21)20-9-8-13(10-19)15(11-20)12-4-6-14(18)7-5-12/h4-7,13,15H,8-11,19H2,1-3H3. The van der Waals surface area contributed by atoms with Gasteiger partial charge < -0.3 is 15.4 Å². The highest BCUT2D eigenvalue weighted by molar-refractivity contribution is 14.1. The van der Waals surface area contributed by atoms with E-state index in [-0.39, 0.29) is 12.0 Å². The molecule has 1 aliphatic rings. The lowest BCUT2D eigenvalue weighted by molar-refractivity contribution is 0.0160. The second-order valence-corrected chi connectivity index (χ2v) is 8.11. The van der Waals surface area contributed by atoms with Crippen molar-refractivity contribution in [1.29, 1.82) is 0 Å². The first-order valence-corrected chi connectivity index (χ1v) is 8.81. The quantitative estimate of drug-likeness (QED) is 0.750. The van der Waals surface area contributed by atoms with Crippen LogP contribution in [0.3, 0.4) is 0 Å². The van der Waals surface area contributed by atoms with Crippen LogP contribution in [0.2, 0.25) is 0 Å². The van der Waals surface area contributed by atoms with Gasteiger partial charge in [0.25, 0.3) is 0 Å². The maximum absolute atomic E-state index is 12.3. The molecule has 0 radical (unpaired) electrons. The molecule has 1 aromatic carbocycles. The molecule has 1 aromatic rings. The fourth-order valence-corrected chi connectivity index (χ4v) is 3.22. The van der Waals surface area contributed by atoms with Crippen molar-refractivity contribution in [3.05, 3.63) is 33.4 Å². The second-order valence-electron chi connectivity index (χ2n) is 6.87. The van der Waals surface area contributed by atoms with Crippen molar-refractivity contribution in [2.45, 2.75) is 38.7 Å². The average molecular weight is 416 g/mol. The normalized spacial score (nSPS) is 22.5. The summed E-state index contributed by atoms with van der Waals surface area (Å²) >= 11 is 2.30. The Balaban J connectivity index is 2.13. The van der Waals surface area contributed by atoms with E-state index in [4.69, 9.17) is 10.5 Å². The van der Waals surface area contributed by atoms with Crippen molar-refractivity contribution in [2.75, 3.05) is 19.6 Å². The molecule has 2 rings (SSSR count). The lowest BCUT2D eigenvalue weighted by atomic mass is 9.81. The second kappa shape index (κ2) is 7.17. The van der Waals surface area contributed by atoms with Crippen molar-refractivity contribution in [2.24, 2.45) is 11.7 Å². The molecule has 2 N–H and O–H groups in total. The summed E-state index contributed by atoms with van der Waals surface area (Å²) in [5.74, 6) is 0.696. The lowest BCUT2D eigenvalue weighted by Crippen LogP contribution is -2.46. The molecule has 0 aliphatic carbocycles. The summed E-state index contributed by atoms with van der Waals surface area (Å²) in [6.45, 7) is 7.74. The molecule has 0 saturated carbocycles. The van der Waals surface area contributed by atoms with E-state index in [1.165, 1.54) is 9.13 Å². The molecule has 1 aliphatic heterocycles. The van der Waals surface area contributed by atoms with E-state index < -0.39 is 5.60 Å². The fraction of sp³-hybridized carbons (Fsp3) is 0.588. The number of hydrogen-bond acceptors (Lipinski definition) is 3. The molecule has 1 heterocycles. The molecule has 1 fully saturated rings. The fourth-order valence-electron chi connectivity index (χ4n) is 2.86. The summed E-state index contributed by atoms with van der Waals surface area (Å²) in [7, 11) is 0. The zero-order valence-electron chi connectivity index (χ0n) is 13.5. The molecular weight excluding hydrogens is 391 g/mol. The predicted molar refractivity (Wildman–Crippen MR) is 96.9 cm³/mol. The van der Waals surface area contributed by atoms with Crippen LogP contribution in [0.25, 0.3) is 0 Å². The van der Waals surface area contributed by atoms with Crippen molar-refractivity contribution in [1.82, 2.24) is 4.90 Å². The number of nitrogens with two attached hydrogens (primary N) is 1. The SMILES string of the molecule is CC(C)(C)OC(=O)N1CCC(CN)C(c2ccc(I)cc2)C1. The van der Waals surface area contributed by atoms with Gasteiger partial charge in [0.1, 0.15) is 5.60 Å². The number of ether oxygens (including phenoxy) is 1. The van der Waals surface area contributed by atoms with E-state index in [9.17, 15) is 4.79 Å². The van der Waals surface area contributed by atoms with Gasteiger partial charge in [-0.05, 0) is 79.9 Å². The number of carbonyl (C=O) groups excluding carboxylic acids is 1. The number of piperidine rings is 1. The van der Waals surface area contributed by atoms with Gasteiger partial charge in [0.2, 0.25) is 0 Å². The monoisotopic (exact) mass is 416 g/mol. The van der Waals surface area contributed by atoms with Gasteiger partial charge in [-0.25, -0.2) is 4.79 Å². The Kier molecular flexibility index (Phi) is 5.71. The minimum atomic E-state index is -0.458. The summed E-state index contributed by atoms with van der Waals surface area (Å²) in [5, 5.41) is 0. The Labute approximate surface area is 146 Å². The van der Waals surface area contributed by atoms with Gasteiger partial charge in [-0.1, -0.05) is 12.1 Å². The molecule has 1 amide bonds. The Hall–Kier alpha value is -0.820. The lowest BCUT2D eigenvalue weighted by Gasteiger charge is -2.39. The predicted octanol–water partition coefficient (Wildman–Crippen LogP) is 3.59. The zero-order valence-corrected chi connectivity index (χ0v) is 15.7. The maximum atomic E-state index is 12.3. The van der Waals surface area contributed by atoms with Crippen LogP contribution >= 0.6 is 22.6 Å². The van der Waals surface area contributed by atoms with Crippen molar-refractivity contribution in [3.63, 3.8) is 0 Å². The van der Waals surface area contributed by atoms with Crippen LogP contribution in [0.1, 0.15) is 38.7 Å². The summed E-state index contributed by atoms with van der Waals surface area (Å²) in [6, 6.07) is 8.51. The van der Waals surface area contributed by atoms with Crippen molar-refractivity contribution >= 4 is 28.7 Å². The molecule has 5 heteroatoms. The maximum Gasteiger partial charge on any atom is 0.410 e. The van der Waals surface area contributed by atoms with Crippen LogP contribution in [-0.4, -0.2) is 36.2 Å². The van der Waals surface area contributed by atoms with Crippen molar-refractivity contribution < 1.29 is 9.53 Å². The van der Waals surface area contributed by atoms with E-state index in [1.54, 1.807) is 0 Å². The average Bonchev–Trinajstić information content (AvgIpc) is 2.45. The Morgan fingerprint density at radius 1 is 1.36 bits per heavy atom. The van der Waals surface area contributed by atoms with Gasteiger partial charge in [-0.2, -0.15) is 0 Å². The van der Waals surface area contributed by atoms with Crippen LogP contribution in [-0.2, 0) is 4.74 Å². The molecule has 122 valence electrons. The largest absolute Gasteiger partial charge is 0.444 e. The highest BCUT2D eigenvalue weighted by Crippen LogP contribution is 2.32. The molecular formula is C17H25IN2O2. The first kappa shape index (κ1) is 17.5. The van der Waals surface area contributed by atoms with E-state index in [2.05, 4.69) is 46.9 Å². The van der Waals surface area contributed by atoms with Crippen LogP contribution in [0.5, 0.6) is 0 Å². The third-order valence-electron chi connectivity index (χ3n) is 4.01. The number of hydrogen-bond donors (Lipinski definition) is 1. The molecule has 1 saturated heterocycles. The number of likely N-dealkylation sites (tertiary alicyclic amines) is 1. The topological polar surface area (TPSA) is 55.6 Å². The van der Waals surface area contributed by atoms with E-state index in [0.717, 1.165) is 13.0 Å².